The lowest BCUT2D eigenvalue weighted by Gasteiger charge is -2.04. The van der Waals surface area contributed by atoms with Gasteiger partial charge < -0.3 is 4.74 Å². The van der Waals surface area contributed by atoms with Crippen molar-refractivity contribution in [2.45, 2.75) is 20.4 Å². The third-order valence-electron chi connectivity index (χ3n) is 3.10. The number of rotatable bonds is 5. The van der Waals surface area contributed by atoms with Crippen molar-refractivity contribution in [2.75, 3.05) is 7.11 Å². The van der Waals surface area contributed by atoms with Crippen LogP contribution in [0.2, 0.25) is 0 Å². The van der Waals surface area contributed by atoms with Gasteiger partial charge in [0.15, 0.2) is 5.78 Å². The minimum atomic E-state index is -0.0777. The molecule has 0 saturated carbocycles. The number of methoxy groups -OCH3 is 1. The van der Waals surface area contributed by atoms with Crippen molar-refractivity contribution >= 4 is 11.9 Å². The van der Waals surface area contributed by atoms with Gasteiger partial charge in [-0.25, -0.2) is 0 Å². The summed E-state index contributed by atoms with van der Waals surface area (Å²) in [6.45, 7) is 4.77. The molecule has 0 radical (unpaired) electrons. The fraction of sp³-hybridized carbons (Fsp3) is 0.250. The standard InChI is InChI=1S/C16H18N2O2/c1-4-18-11-13(12(2)17-18)9-10-15(19)14-7-5-6-8-16(14)20-3/h5-11H,4H2,1-3H3/b10-9+. The van der Waals surface area contributed by atoms with E-state index in [1.807, 2.05) is 36.9 Å². The molecule has 2 aromatic rings. The molecule has 0 unspecified atom stereocenters. The number of aromatic nitrogens is 2. The first-order chi connectivity index (χ1) is 9.65. The van der Waals surface area contributed by atoms with Gasteiger partial charge >= 0.3 is 0 Å². The van der Waals surface area contributed by atoms with Gasteiger partial charge in [0.2, 0.25) is 0 Å². The quantitative estimate of drug-likeness (QED) is 0.619. The van der Waals surface area contributed by atoms with Gasteiger partial charge in [-0.15, -0.1) is 0 Å². The first kappa shape index (κ1) is 14.1. The third-order valence-corrected chi connectivity index (χ3v) is 3.10. The largest absolute Gasteiger partial charge is 0.496 e. The lowest BCUT2D eigenvalue weighted by atomic mass is 10.1. The Labute approximate surface area is 118 Å². The summed E-state index contributed by atoms with van der Waals surface area (Å²) in [5.74, 6) is 0.509. The molecule has 0 atom stereocenters. The molecule has 0 fully saturated rings. The average molecular weight is 270 g/mol. The molecule has 20 heavy (non-hydrogen) atoms. The van der Waals surface area contributed by atoms with Crippen molar-refractivity contribution in [3.63, 3.8) is 0 Å². The molecule has 0 amide bonds. The predicted octanol–water partition coefficient (Wildman–Crippen LogP) is 3.12. The second kappa shape index (κ2) is 6.19. The summed E-state index contributed by atoms with van der Waals surface area (Å²) in [6, 6.07) is 7.20. The van der Waals surface area contributed by atoms with Gasteiger partial charge in [0.25, 0.3) is 0 Å². The summed E-state index contributed by atoms with van der Waals surface area (Å²) in [5, 5.41) is 4.34. The maximum Gasteiger partial charge on any atom is 0.189 e. The second-order valence-electron chi connectivity index (χ2n) is 4.42. The van der Waals surface area contributed by atoms with E-state index < -0.39 is 0 Å². The van der Waals surface area contributed by atoms with Crippen LogP contribution >= 0.6 is 0 Å². The van der Waals surface area contributed by atoms with Crippen LogP contribution in [0.15, 0.2) is 36.5 Å². The Morgan fingerprint density at radius 3 is 2.80 bits per heavy atom. The summed E-state index contributed by atoms with van der Waals surface area (Å²) in [5.41, 5.74) is 2.43. The van der Waals surface area contributed by atoms with Crippen LogP contribution in [0, 0.1) is 6.92 Å². The van der Waals surface area contributed by atoms with Gasteiger partial charge in [-0.3, -0.25) is 9.48 Å². The molecule has 0 spiro atoms. The molecule has 0 saturated heterocycles. The number of allylic oxidation sites excluding steroid dienone is 1. The minimum Gasteiger partial charge on any atom is -0.496 e. The fourth-order valence-corrected chi connectivity index (χ4v) is 1.96. The highest BCUT2D eigenvalue weighted by Gasteiger charge is 2.08. The Hall–Kier alpha value is -2.36. The molecule has 1 heterocycles. The number of carbonyl (C=O) groups is 1. The van der Waals surface area contributed by atoms with E-state index in [0.717, 1.165) is 17.8 Å². The highest BCUT2D eigenvalue weighted by atomic mass is 16.5. The smallest absolute Gasteiger partial charge is 0.189 e. The van der Waals surface area contributed by atoms with Crippen molar-refractivity contribution in [3.05, 3.63) is 53.4 Å². The van der Waals surface area contributed by atoms with E-state index >= 15 is 0 Å². The van der Waals surface area contributed by atoms with Gasteiger partial charge in [0, 0.05) is 18.3 Å². The van der Waals surface area contributed by atoms with Crippen molar-refractivity contribution in [1.29, 1.82) is 0 Å². The molecule has 1 aromatic heterocycles. The van der Waals surface area contributed by atoms with Crippen LogP contribution in [0.5, 0.6) is 5.75 Å². The van der Waals surface area contributed by atoms with Crippen molar-refractivity contribution in [3.8, 4) is 5.75 Å². The normalized spacial score (nSPS) is 10.9. The zero-order valence-electron chi connectivity index (χ0n) is 12.0. The van der Waals surface area contributed by atoms with Gasteiger partial charge in [-0.2, -0.15) is 5.10 Å². The number of para-hydroxylation sites is 1. The molecule has 0 aliphatic carbocycles. The molecule has 0 N–H and O–H groups in total. The number of ether oxygens (including phenoxy) is 1. The first-order valence-electron chi connectivity index (χ1n) is 6.55. The number of hydrogen-bond acceptors (Lipinski definition) is 3. The van der Waals surface area contributed by atoms with Crippen LogP contribution in [0.25, 0.3) is 6.08 Å². The summed E-state index contributed by atoms with van der Waals surface area (Å²) in [7, 11) is 1.56. The number of benzene rings is 1. The summed E-state index contributed by atoms with van der Waals surface area (Å²) < 4.78 is 7.04. The van der Waals surface area contributed by atoms with E-state index in [1.165, 1.54) is 0 Å². The number of ketones is 1. The maximum atomic E-state index is 12.2. The molecular formula is C16H18N2O2. The Kier molecular flexibility index (Phi) is 4.35. The SMILES string of the molecule is CCn1cc(/C=C/C(=O)c2ccccc2OC)c(C)n1. The van der Waals surface area contributed by atoms with E-state index in [1.54, 1.807) is 31.4 Å². The van der Waals surface area contributed by atoms with E-state index in [-0.39, 0.29) is 5.78 Å². The van der Waals surface area contributed by atoms with Crippen LogP contribution in [0.4, 0.5) is 0 Å². The van der Waals surface area contributed by atoms with Gasteiger partial charge in [-0.05, 0) is 38.1 Å². The zero-order chi connectivity index (χ0) is 14.5. The molecule has 104 valence electrons. The molecule has 2 rings (SSSR count). The van der Waals surface area contributed by atoms with E-state index in [0.29, 0.717) is 11.3 Å². The first-order valence-corrected chi connectivity index (χ1v) is 6.55. The zero-order valence-corrected chi connectivity index (χ0v) is 12.0. The van der Waals surface area contributed by atoms with Crippen LogP contribution in [0.1, 0.15) is 28.5 Å². The number of carbonyl (C=O) groups excluding carboxylic acids is 1. The number of nitrogens with zero attached hydrogens (tertiary/aromatic N) is 2. The fourth-order valence-electron chi connectivity index (χ4n) is 1.96. The van der Waals surface area contributed by atoms with Crippen molar-refractivity contribution in [2.24, 2.45) is 0 Å². The highest BCUT2D eigenvalue weighted by Crippen LogP contribution is 2.19. The number of hydrogen-bond donors (Lipinski definition) is 0. The molecule has 0 bridgehead atoms. The van der Waals surface area contributed by atoms with Gasteiger partial charge in [-0.1, -0.05) is 12.1 Å². The van der Waals surface area contributed by atoms with Gasteiger partial charge in [0.1, 0.15) is 5.75 Å². The summed E-state index contributed by atoms with van der Waals surface area (Å²) >= 11 is 0. The van der Waals surface area contributed by atoms with Crippen LogP contribution in [0.3, 0.4) is 0 Å². The Balaban J connectivity index is 2.22. The van der Waals surface area contributed by atoms with E-state index in [2.05, 4.69) is 5.10 Å². The van der Waals surface area contributed by atoms with Gasteiger partial charge in [0.05, 0.1) is 18.4 Å². The molecule has 0 aliphatic rings. The monoisotopic (exact) mass is 270 g/mol. The van der Waals surface area contributed by atoms with Crippen molar-refractivity contribution in [1.82, 2.24) is 9.78 Å². The van der Waals surface area contributed by atoms with Crippen LogP contribution in [-0.2, 0) is 6.54 Å². The van der Waals surface area contributed by atoms with Crippen molar-refractivity contribution < 1.29 is 9.53 Å². The maximum absolute atomic E-state index is 12.2. The van der Waals surface area contributed by atoms with E-state index in [9.17, 15) is 4.79 Å². The Morgan fingerprint density at radius 1 is 1.40 bits per heavy atom. The van der Waals surface area contributed by atoms with Crippen LogP contribution in [-0.4, -0.2) is 22.7 Å². The lowest BCUT2D eigenvalue weighted by molar-refractivity contribution is 0.104. The molecule has 1 aromatic carbocycles. The van der Waals surface area contributed by atoms with Crippen LogP contribution < -0.4 is 4.74 Å². The molecule has 4 heteroatoms. The molecular weight excluding hydrogens is 252 g/mol. The van der Waals surface area contributed by atoms with E-state index in [4.69, 9.17) is 4.74 Å². The molecule has 0 aliphatic heterocycles. The predicted molar refractivity (Wildman–Crippen MR) is 79.0 cm³/mol. The average Bonchev–Trinajstić information content (AvgIpc) is 2.85. The lowest BCUT2D eigenvalue weighted by Crippen LogP contribution is -1.98. The summed E-state index contributed by atoms with van der Waals surface area (Å²) in [6.07, 6.45) is 5.28. The Morgan fingerprint density at radius 2 is 2.15 bits per heavy atom. The summed E-state index contributed by atoms with van der Waals surface area (Å²) in [4.78, 5) is 12.2. The minimum absolute atomic E-state index is 0.0777. The topological polar surface area (TPSA) is 44.1 Å². The number of aryl methyl sites for hydroxylation is 2. The highest BCUT2D eigenvalue weighted by molar-refractivity contribution is 6.08. The molecule has 4 nitrogen and oxygen atoms in total. The Bertz CT molecular complexity index is 642. The third kappa shape index (κ3) is 2.96. The second-order valence-corrected chi connectivity index (χ2v) is 4.42.